The van der Waals surface area contributed by atoms with Crippen molar-refractivity contribution in [2.75, 3.05) is 10.2 Å². The van der Waals surface area contributed by atoms with E-state index in [0.29, 0.717) is 17.1 Å². The van der Waals surface area contributed by atoms with Crippen LogP contribution in [0.4, 0.5) is 11.7 Å². The van der Waals surface area contributed by atoms with Gasteiger partial charge in [0.15, 0.2) is 0 Å². The second kappa shape index (κ2) is 7.32. The predicted octanol–water partition coefficient (Wildman–Crippen LogP) is 4.62. The van der Waals surface area contributed by atoms with Crippen molar-refractivity contribution < 1.29 is 14.0 Å². The molecule has 0 saturated carbocycles. The number of amides is 2. The van der Waals surface area contributed by atoms with Gasteiger partial charge in [-0.05, 0) is 47.0 Å². The van der Waals surface area contributed by atoms with Crippen molar-refractivity contribution in [3.05, 3.63) is 76.1 Å². The average molecular weight is 394 g/mol. The van der Waals surface area contributed by atoms with Crippen LogP contribution in [-0.2, 0) is 11.3 Å². The number of carbonyl (C=O) groups excluding carboxylic acids is 2. The van der Waals surface area contributed by atoms with Crippen LogP contribution in [0.1, 0.15) is 34.0 Å². The topological polar surface area (TPSA) is 75.4 Å². The molecule has 2 aromatic carbocycles. The first-order chi connectivity index (χ1) is 13.5. The Hall–Kier alpha value is -3.38. The van der Waals surface area contributed by atoms with Crippen LogP contribution in [0.5, 0.6) is 0 Å². The van der Waals surface area contributed by atoms with Crippen molar-refractivity contribution in [1.29, 1.82) is 0 Å². The zero-order chi connectivity index (χ0) is 19.7. The third kappa shape index (κ3) is 3.54. The van der Waals surface area contributed by atoms with Crippen LogP contribution in [0.2, 0.25) is 5.02 Å². The maximum Gasteiger partial charge on any atom is 0.301 e. The van der Waals surface area contributed by atoms with E-state index in [-0.39, 0.29) is 17.8 Å². The first kappa shape index (κ1) is 18.0. The number of nitrogens with zero attached hydrogens (tertiary/aromatic N) is 2. The van der Waals surface area contributed by atoms with Gasteiger partial charge >= 0.3 is 6.01 Å². The van der Waals surface area contributed by atoms with Crippen molar-refractivity contribution in [1.82, 2.24) is 4.98 Å². The minimum atomic E-state index is -0.335. The van der Waals surface area contributed by atoms with E-state index in [2.05, 4.69) is 10.3 Å². The molecule has 2 heterocycles. The van der Waals surface area contributed by atoms with Crippen LogP contribution in [0.3, 0.4) is 0 Å². The van der Waals surface area contributed by atoms with Gasteiger partial charge in [-0.25, -0.2) is 4.98 Å². The molecule has 0 bridgehead atoms. The summed E-state index contributed by atoms with van der Waals surface area (Å²) in [5.41, 5.74) is 3.86. The number of benzene rings is 2. The first-order valence-corrected chi connectivity index (χ1v) is 8.98. The third-order valence-electron chi connectivity index (χ3n) is 4.49. The molecule has 0 radical (unpaired) electrons. The third-order valence-corrected chi connectivity index (χ3v) is 4.72. The molecule has 0 saturated heterocycles. The summed E-state index contributed by atoms with van der Waals surface area (Å²) < 4.78 is 5.05. The molecule has 6 nitrogen and oxygen atoms in total. The van der Waals surface area contributed by atoms with Gasteiger partial charge in [0.25, 0.3) is 5.91 Å². The summed E-state index contributed by atoms with van der Waals surface area (Å²) in [5, 5.41) is 3.20. The van der Waals surface area contributed by atoms with Crippen molar-refractivity contribution in [3.63, 3.8) is 0 Å². The lowest BCUT2D eigenvalue weighted by Gasteiger charge is -2.26. The highest BCUT2D eigenvalue weighted by molar-refractivity contribution is 6.30. The zero-order valence-electron chi connectivity index (χ0n) is 15.0. The SMILES string of the molecule is CC(=O)N1Cc2cc(C(=O)Nc3ncco3)ccc2/C=C\c2cc(Cl)ccc21. The van der Waals surface area contributed by atoms with E-state index in [1.54, 1.807) is 23.1 Å². The van der Waals surface area contributed by atoms with Gasteiger partial charge in [0.2, 0.25) is 5.91 Å². The molecule has 3 aromatic rings. The summed E-state index contributed by atoms with van der Waals surface area (Å²) in [6.07, 6.45) is 6.71. The number of nitrogens with one attached hydrogen (secondary N) is 1. The second-order valence-corrected chi connectivity index (χ2v) is 6.78. The highest BCUT2D eigenvalue weighted by Crippen LogP contribution is 2.31. The number of halogens is 1. The molecule has 0 spiro atoms. The van der Waals surface area contributed by atoms with E-state index < -0.39 is 0 Å². The van der Waals surface area contributed by atoms with Crippen LogP contribution < -0.4 is 10.2 Å². The number of carbonyl (C=O) groups is 2. The van der Waals surface area contributed by atoms with E-state index in [9.17, 15) is 9.59 Å². The van der Waals surface area contributed by atoms with Crippen LogP contribution in [0.15, 0.2) is 53.3 Å². The Morgan fingerprint density at radius 1 is 1.14 bits per heavy atom. The average Bonchev–Trinajstić information content (AvgIpc) is 3.16. The van der Waals surface area contributed by atoms with E-state index in [0.717, 1.165) is 22.4 Å². The molecule has 140 valence electrons. The fraction of sp³-hybridized carbons (Fsp3) is 0.0952. The number of hydrogen-bond donors (Lipinski definition) is 1. The highest BCUT2D eigenvalue weighted by Gasteiger charge is 2.20. The Balaban J connectivity index is 1.73. The van der Waals surface area contributed by atoms with E-state index in [4.69, 9.17) is 16.0 Å². The van der Waals surface area contributed by atoms with Crippen LogP contribution in [0, 0.1) is 0 Å². The largest absolute Gasteiger partial charge is 0.432 e. The molecule has 4 rings (SSSR count). The number of oxazole rings is 1. The quantitative estimate of drug-likeness (QED) is 0.689. The minimum Gasteiger partial charge on any atom is -0.432 e. The summed E-state index contributed by atoms with van der Waals surface area (Å²) >= 11 is 6.12. The lowest BCUT2D eigenvalue weighted by molar-refractivity contribution is -0.116. The van der Waals surface area contributed by atoms with E-state index >= 15 is 0 Å². The van der Waals surface area contributed by atoms with Crippen molar-refractivity contribution in [2.24, 2.45) is 0 Å². The lowest BCUT2D eigenvalue weighted by atomic mass is 9.98. The molecule has 1 aliphatic rings. The predicted molar refractivity (Wildman–Crippen MR) is 108 cm³/mol. The van der Waals surface area contributed by atoms with E-state index in [1.807, 2.05) is 30.4 Å². The Morgan fingerprint density at radius 3 is 2.71 bits per heavy atom. The van der Waals surface area contributed by atoms with Crippen molar-refractivity contribution in [2.45, 2.75) is 13.5 Å². The first-order valence-electron chi connectivity index (χ1n) is 8.61. The van der Waals surface area contributed by atoms with Gasteiger partial charge in [-0.2, -0.15) is 0 Å². The Labute approximate surface area is 166 Å². The molecule has 0 unspecified atom stereocenters. The minimum absolute atomic E-state index is 0.0977. The number of aromatic nitrogens is 1. The normalized spacial score (nSPS) is 13.7. The van der Waals surface area contributed by atoms with Crippen LogP contribution in [0.25, 0.3) is 12.2 Å². The smallest absolute Gasteiger partial charge is 0.301 e. The maximum atomic E-state index is 12.5. The molecular formula is C21H16ClN3O3. The van der Waals surface area contributed by atoms with Gasteiger partial charge < -0.3 is 9.32 Å². The summed E-state index contributed by atoms with van der Waals surface area (Å²) in [6.45, 7) is 1.85. The van der Waals surface area contributed by atoms with Gasteiger partial charge in [0.1, 0.15) is 6.26 Å². The Bertz CT molecular complexity index is 1090. The number of hydrogen-bond acceptors (Lipinski definition) is 4. The molecule has 7 heteroatoms. The highest BCUT2D eigenvalue weighted by atomic mass is 35.5. The molecule has 1 aromatic heterocycles. The summed E-state index contributed by atoms with van der Waals surface area (Å²) in [4.78, 5) is 30.4. The molecule has 0 aliphatic carbocycles. The fourth-order valence-corrected chi connectivity index (χ4v) is 3.30. The Morgan fingerprint density at radius 2 is 1.96 bits per heavy atom. The maximum absolute atomic E-state index is 12.5. The lowest BCUT2D eigenvalue weighted by Crippen LogP contribution is -2.29. The standard InChI is InChI=1S/C21H16ClN3O3/c1-13(26)25-12-17-10-16(20(27)24-21-23-8-9-28-21)5-3-14(17)2-4-15-11-18(22)6-7-19(15)25/h2-11H,12H2,1H3,(H,23,24,27)/b4-2-. The van der Waals surface area contributed by atoms with Crippen molar-refractivity contribution in [3.8, 4) is 0 Å². The zero-order valence-corrected chi connectivity index (χ0v) is 15.7. The van der Waals surface area contributed by atoms with Crippen LogP contribution >= 0.6 is 11.6 Å². The van der Waals surface area contributed by atoms with Gasteiger partial charge in [-0.1, -0.05) is 29.8 Å². The number of rotatable bonds is 2. The monoisotopic (exact) mass is 393 g/mol. The van der Waals surface area contributed by atoms with E-state index in [1.165, 1.54) is 19.4 Å². The molecule has 2 amide bonds. The summed E-state index contributed by atoms with van der Waals surface area (Å²) in [7, 11) is 0. The van der Waals surface area contributed by atoms with Gasteiger partial charge in [-0.15, -0.1) is 0 Å². The Kier molecular flexibility index (Phi) is 4.71. The fourth-order valence-electron chi connectivity index (χ4n) is 3.12. The van der Waals surface area contributed by atoms with Gasteiger partial charge in [-0.3, -0.25) is 14.9 Å². The van der Waals surface area contributed by atoms with Crippen LogP contribution in [-0.4, -0.2) is 16.8 Å². The molecule has 1 N–H and O–H groups in total. The van der Waals surface area contributed by atoms with Gasteiger partial charge in [0.05, 0.1) is 18.4 Å². The number of anilines is 2. The summed E-state index contributed by atoms with van der Waals surface area (Å²) in [6, 6.07) is 10.9. The number of fused-ring (bicyclic) bond motifs is 2. The summed E-state index contributed by atoms with van der Waals surface area (Å²) in [5.74, 6) is -0.433. The van der Waals surface area contributed by atoms with Crippen molar-refractivity contribution >= 4 is 47.3 Å². The molecule has 28 heavy (non-hydrogen) atoms. The molecule has 1 aliphatic heterocycles. The van der Waals surface area contributed by atoms with Gasteiger partial charge in [0, 0.05) is 17.5 Å². The second-order valence-electron chi connectivity index (χ2n) is 6.35. The molecule has 0 fully saturated rings. The molecule has 0 atom stereocenters. The molecular weight excluding hydrogens is 378 g/mol.